The van der Waals surface area contributed by atoms with Gasteiger partial charge in [-0.05, 0) is 43.9 Å². The Kier molecular flexibility index (Phi) is 3.28. The summed E-state index contributed by atoms with van der Waals surface area (Å²) in [5.74, 6) is 0.973. The molecule has 3 heteroatoms. The van der Waals surface area contributed by atoms with Crippen LogP contribution in [0.5, 0.6) is 0 Å². The van der Waals surface area contributed by atoms with Gasteiger partial charge in [-0.3, -0.25) is 0 Å². The molecule has 1 aliphatic carbocycles. The summed E-state index contributed by atoms with van der Waals surface area (Å²) < 4.78 is 2.30. The van der Waals surface area contributed by atoms with E-state index in [0.29, 0.717) is 6.04 Å². The molecule has 0 atom stereocenters. The maximum Gasteiger partial charge on any atom is 0.207 e. The standard InChI is InChI=1S/C16H21N3/c1-12-7-8-13(2)15(11-12)18-16-17-9-10-19(16)14-5-3-4-6-14/h7-11,14H,3-6H2,1-2H3,(H,17,18). The molecule has 100 valence electrons. The van der Waals surface area contributed by atoms with E-state index >= 15 is 0 Å². The second kappa shape index (κ2) is 5.08. The number of hydrogen-bond donors (Lipinski definition) is 1. The van der Waals surface area contributed by atoms with Crippen molar-refractivity contribution in [3.05, 3.63) is 41.7 Å². The summed E-state index contributed by atoms with van der Waals surface area (Å²) in [4.78, 5) is 4.48. The highest BCUT2D eigenvalue weighted by atomic mass is 15.2. The monoisotopic (exact) mass is 255 g/mol. The first-order valence-corrected chi connectivity index (χ1v) is 7.11. The molecule has 1 N–H and O–H groups in total. The highest BCUT2D eigenvalue weighted by Crippen LogP contribution is 2.32. The van der Waals surface area contributed by atoms with E-state index in [2.05, 4.69) is 53.1 Å². The number of aryl methyl sites for hydroxylation is 2. The summed E-state index contributed by atoms with van der Waals surface area (Å²) in [7, 11) is 0. The van der Waals surface area contributed by atoms with Gasteiger partial charge in [0, 0.05) is 24.1 Å². The predicted molar refractivity (Wildman–Crippen MR) is 78.9 cm³/mol. The first-order chi connectivity index (χ1) is 9.24. The maximum absolute atomic E-state index is 4.48. The van der Waals surface area contributed by atoms with Gasteiger partial charge in [-0.25, -0.2) is 4.98 Å². The van der Waals surface area contributed by atoms with Gasteiger partial charge in [-0.2, -0.15) is 0 Å². The van der Waals surface area contributed by atoms with Crippen LogP contribution in [-0.2, 0) is 0 Å². The van der Waals surface area contributed by atoms with Crippen molar-refractivity contribution in [2.45, 2.75) is 45.6 Å². The van der Waals surface area contributed by atoms with Crippen LogP contribution < -0.4 is 5.32 Å². The Morgan fingerprint density at radius 3 is 2.79 bits per heavy atom. The van der Waals surface area contributed by atoms with E-state index in [-0.39, 0.29) is 0 Å². The molecular weight excluding hydrogens is 234 g/mol. The number of benzene rings is 1. The van der Waals surface area contributed by atoms with Crippen LogP contribution in [0.1, 0.15) is 42.9 Å². The largest absolute Gasteiger partial charge is 0.325 e. The van der Waals surface area contributed by atoms with Gasteiger partial charge in [0.15, 0.2) is 0 Å². The SMILES string of the molecule is Cc1ccc(C)c(Nc2nccn2C2CCCC2)c1. The lowest BCUT2D eigenvalue weighted by molar-refractivity contribution is 0.525. The zero-order chi connectivity index (χ0) is 13.2. The molecule has 1 aromatic heterocycles. The molecule has 1 fully saturated rings. The third-order valence-corrected chi connectivity index (χ3v) is 4.03. The Morgan fingerprint density at radius 2 is 2.00 bits per heavy atom. The fourth-order valence-electron chi connectivity index (χ4n) is 2.88. The van der Waals surface area contributed by atoms with Crippen molar-refractivity contribution in [1.29, 1.82) is 0 Å². The van der Waals surface area contributed by atoms with Crippen LogP contribution in [0.15, 0.2) is 30.6 Å². The van der Waals surface area contributed by atoms with Crippen LogP contribution in [0.2, 0.25) is 0 Å². The first-order valence-electron chi connectivity index (χ1n) is 7.11. The number of imidazole rings is 1. The molecule has 1 saturated carbocycles. The van der Waals surface area contributed by atoms with Crippen molar-refractivity contribution in [3.8, 4) is 0 Å². The predicted octanol–water partition coefficient (Wildman–Crippen LogP) is 4.36. The van der Waals surface area contributed by atoms with Crippen LogP contribution in [-0.4, -0.2) is 9.55 Å². The topological polar surface area (TPSA) is 29.9 Å². The summed E-state index contributed by atoms with van der Waals surface area (Å²) in [5.41, 5.74) is 3.68. The molecule has 0 spiro atoms. The second-order valence-corrected chi connectivity index (χ2v) is 5.54. The molecule has 2 aromatic rings. The van der Waals surface area contributed by atoms with Crippen molar-refractivity contribution in [3.63, 3.8) is 0 Å². The average molecular weight is 255 g/mol. The van der Waals surface area contributed by atoms with Gasteiger partial charge in [0.1, 0.15) is 0 Å². The summed E-state index contributed by atoms with van der Waals surface area (Å²) in [6.07, 6.45) is 9.22. The van der Waals surface area contributed by atoms with Gasteiger partial charge >= 0.3 is 0 Å². The van der Waals surface area contributed by atoms with Crippen molar-refractivity contribution in [2.75, 3.05) is 5.32 Å². The molecule has 0 bridgehead atoms. The summed E-state index contributed by atoms with van der Waals surface area (Å²) in [6, 6.07) is 7.10. The Labute approximate surface area is 114 Å². The number of anilines is 2. The minimum atomic E-state index is 0.620. The van der Waals surface area contributed by atoms with E-state index in [4.69, 9.17) is 0 Å². The number of nitrogens with one attached hydrogen (secondary N) is 1. The fraction of sp³-hybridized carbons (Fsp3) is 0.438. The molecular formula is C16H21N3. The van der Waals surface area contributed by atoms with Crippen LogP contribution in [0.4, 0.5) is 11.6 Å². The third-order valence-electron chi connectivity index (χ3n) is 4.03. The quantitative estimate of drug-likeness (QED) is 0.883. The molecule has 0 aliphatic heterocycles. The van der Waals surface area contributed by atoms with Gasteiger partial charge in [-0.1, -0.05) is 25.0 Å². The van der Waals surface area contributed by atoms with E-state index in [1.807, 2.05) is 6.20 Å². The molecule has 1 aliphatic rings. The minimum Gasteiger partial charge on any atom is -0.325 e. The van der Waals surface area contributed by atoms with E-state index in [9.17, 15) is 0 Å². The lowest BCUT2D eigenvalue weighted by Crippen LogP contribution is -2.08. The highest BCUT2D eigenvalue weighted by Gasteiger charge is 2.19. The van der Waals surface area contributed by atoms with Crippen molar-refractivity contribution < 1.29 is 0 Å². The normalized spacial score (nSPS) is 15.9. The van der Waals surface area contributed by atoms with Gasteiger partial charge in [-0.15, -0.1) is 0 Å². The van der Waals surface area contributed by atoms with Crippen LogP contribution >= 0.6 is 0 Å². The zero-order valence-corrected chi connectivity index (χ0v) is 11.7. The fourth-order valence-corrected chi connectivity index (χ4v) is 2.88. The molecule has 0 unspecified atom stereocenters. The number of aromatic nitrogens is 2. The molecule has 0 amide bonds. The van der Waals surface area contributed by atoms with Gasteiger partial charge < -0.3 is 9.88 Å². The summed E-state index contributed by atoms with van der Waals surface area (Å²) >= 11 is 0. The Hall–Kier alpha value is -1.77. The lowest BCUT2D eigenvalue weighted by Gasteiger charge is -2.16. The molecule has 0 saturated heterocycles. The maximum atomic E-state index is 4.48. The third kappa shape index (κ3) is 2.50. The number of nitrogens with zero attached hydrogens (tertiary/aromatic N) is 2. The Bertz CT molecular complexity index is 565. The molecule has 1 aromatic carbocycles. The van der Waals surface area contributed by atoms with E-state index < -0.39 is 0 Å². The van der Waals surface area contributed by atoms with Gasteiger partial charge in [0.25, 0.3) is 0 Å². The van der Waals surface area contributed by atoms with Crippen molar-refractivity contribution in [2.24, 2.45) is 0 Å². The van der Waals surface area contributed by atoms with Crippen LogP contribution in [0.25, 0.3) is 0 Å². The van der Waals surface area contributed by atoms with Crippen molar-refractivity contribution in [1.82, 2.24) is 9.55 Å². The lowest BCUT2D eigenvalue weighted by atomic mass is 10.1. The Morgan fingerprint density at radius 1 is 1.21 bits per heavy atom. The highest BCUT2D eigenvalue weighted by molar-refractivity contribution is 5.59. The van der Waals surface area contributed by atoms with E-state index in [1.165, 1.54) is 36.8 Å². The van der Waals surface area contributed by atoms with Crippen LogP contribution in [0.3, 0.4) is 0 Å². The molecule has 0 radical (unpaired) electrons. The summed E-state index contributed by atoms with van der Waals surface area (Å²) in [5, 5.41) is 3.49. The second-order valence-electron chi connectivity index (χ2n) is 5.54. The minimum absolute atomic E-state index is 0.620. The van der Waals surface area contributed by atoms with E-state index in [0.717, 1.165) is 11.6 Å². The smallest absolute Gasteiger partial charge is 0.207 e. The molecule has 3 nitrogen and oxygen atoms in total. The van der Waals surface area contributed by atoms with Crippen LogP contribution in [0, 0.1) is 13.8 Å². The zero-order valence-electron chi connectivity index (χ0n) is 11.7. The van der Waals surface area contributed by atoms with Crippen molar-refractivity contribution >= 4 is 11.6 Å². The Balaban J connectivity index is 1.87. The first kappa shape index (κ1) is 12.3. The van der Waals surface area contributed by atoms with E-state index in [1.54, 1.807) is 0 Å². The van der Waals surface area contributed by atoms with Gasteiger partial charge in [0.05, 0.1) is 0 Å². The molecule has 3 rings (SSSR count). The number of hydrogen-bond acceptors (Lipinski definition) is 2. The molecule has 19 heavy (non-hydrogen) atoms. The summed E-state index contributed by atoms with van der Waals surface area (Å²) in [6.45, 7) is 4.25. The number of rotatable bonds is 3. The molecule has 1 heterocycles. The average Bonchev–Trinajstić information content (AvgIpc) is 3.03. The van der Waals surface area contributed by atoms with Gasteiger partial charge in [0.2, 0.25) is 5.95 Å².